The molecule has 0 spiro atoms. The molecule has 0 bridgehead atoms. The van der Waals surface area contributed by atoms with E-state index in [1.165, 1.54) is 0 Å². The molecule has 120 valence electrons. The van der Waals surface area contributed by atoms with Crippen molar-refractivity contribution in [3.05, 3.63) is 17.5 Å². The average molecular weight is 359 g/mol. The SMILES string of the molecule is NCc1nc(C(F)(F)F)cc(S(=O)(=O)Cl)c1OC(F)(F)F. The van der Waals surface area contributed by atoms with E-state index in [9.17, 15) is 34.8 Å². The van der Waals surface area contributed by atoms with Gasteiger partial charge in [0.25, 0.3) is 9.05 Å². The predicted octanol–water partition coefficient (Wildman–Crippen LogP) is 2.39. The first kappa shape index (κ1) is 17.8. The zero-order chi connectivity index (χ0) is 16.6. The summed E-state index contributed by atoms with van der Waals surface area (Å²) in [6.07, 6.45) is -10.5. The normalized spacial score (nSPS) is 13.3. The third kappa shape index (κ3) is 4.61. The third-order valence-electron chi connectivity index (χ3n) is 1.97. The van der Waals surface area contributed by atoms with Gasteiger partial charge in [-0.3, -0.25) is 0 Å². The summed E-state index contributed by atoms with van der Waals surface area (Å²) in [6.45, 7) is -0.936. The number of aromatic nitrogens is 1. The van der Waals surface area contributed by atoms with Gasteiger partial charge in [-0.25, -0.2) is 13.4 Å². The molecule has 1 rings (SSSR count). The highest BCUT2D eigenvalue weighted by atomic mass is 35.7. The number of hydrogen-bond donors (Lipinski definition) is 1. The number of ether oxygens (including phenoxy) is 1. The van der Waals surface area contributed by atoms with Gasteiger partial charge in [-0.2, -0.15) is 13.2 Å². The molecule has 0 saturated heterocycles. The molecule has 0 saturated carbocycles. The van der Waals surface area contributed by atoms with Crippen LogP contribution in [0.3, 0.4) is 0 Å². The molecule has 5 nitrogen and oxygen atoms in total. The summed E-state index contributed by atoms with van der Waals surface area (Å²) in [6, 6.07) is -0.164. The van der Waals surface area contributed by atoms with Crippen molar-refractivity contribution in [2.24, 2.45) is 5.73 Å². The molecule has 1 aromatic heterocycles. The molecule has 0 atom stereocenters. The Hall–Kier alpha value is -1.27. The molecular formula is C8H5ClF6N2O3S. The van der Waals surface area contributed by atoms with Crippen LogP contribution in [0.4, 0.5) is 26.3 Å². The van der Waals surface area contributed by atoms with E-state index < -0.39 is 50.2 Å². The number of rotatable bonds is 3. The van der Waals surface area contributed by atoms with Crippen molar-refractivity contribution in [1.82, 2.24) is 4.98 Å². The second-order valence-electron chi connectivity index (χ2n) is 3.47. The number of halogens is 7. The summed E-state index contributed by atoms with van der Waals surface area (Å²) < 4.78 is 100.0. The minimum Gasteiger partial charge on any atom is -0.402 e. The van der Waals surface area contributed by atoms with Crippen LogP contribution in [0, 0.1) is 0 Å². The van der Waals surface area contributed by atoms with Crippen LogP contribution in [-0.4, -0.2) is 19.8 Å². The predicted molar refractivity (Wildman–Crippen MR) is 56.9 cm³/mol. The number of alkyl halides is 6. The lowest BCUT2D eigenvalue weighted by molar-refractivity contribution is -0.276. The lowest BCUT2D eigenvalue weighted by Crippen LogP contribution is -2.22. The van der Waals surface area contributed by atoms with Crippen LogP contribution in [-0.2, 0) is 21.8 Å². The third-order valence-corrected chi connectivity index (χ3v) is 3.30. The Morgan fingerprint density at radius 3 is 2.10 bits per heavy atom. The van der Waals surface area contributed by atoms with Gasteiger partial charge in [0.15, 0.2) is 5.75 Å². The molecule has 2 N–H and O–H groups in total. The summed E-state index contributed by atoms with van der Waals surface area (Å²) in [5.74, 6) is -1.49. The van der Waals surface area contributed by atoms with Gasteiger partial charge in [-0.1, -0.05) is 0 Å². The molecular weight excluding hydrogens is 354 g/mol. The summed E-state index contributed by atoms with van der Waals surface area (Å²) in [4.78, 5) is 1.30. The standard InChI is InChI=1S/C8H5ClF6N2O3S/c9-21(18,19)4-1-5(7(10,11)12)17-3(2-16)6(4)20-8(13,14)15/h1H,2,16H2. The molecule has 0 aliphatic carbocycles. The summed E-state index contributed by atoms with van der Waals surface area (Å²) in [5, 5.41) is 0. The first-order valence-electron chi connectivity index (χ1n) is 4.77. The van der Waals surface area contributed by atoms with Gasteiger partial charge in [0, 0.05) is 17.2 Å². The van der Waals surface area contributed by atoms with Crippen LogP contribution in [0.15, 0.2) is 11.0 Å². The summed E-state index contributed by atoms with van der Waals surface area (Å²) in [5.41, 5.74) is 2.16. The Morgan fingerprint density at radius 1 is 1.24 bits per heavy atom. The van der Waals surface area contributed by atoms with Gasteiger partial charge in [0.05, 0.1) is 5.69 Å². The number of nitrogens with zero attached hydrogens (tertiary/aromatic N) is 1. The van der Waals surface area contributed by atoms with Crippen molar-refractivity contribution in [2.75, 3.05) is 0 Å². The van der Waals surface area contributed by atoms with Crippen molar-refractivity contribution >= 4 is 19.7 Å². The molecule has 13 heteroatoms. The summed E-state index contributed by atoms with van der Waals surface area (Å²) >= 11 is 0. The molecule has 0 unspecified atom stereocenters. The van der Waals surface area contributed by atoms with Gasteiger partial charge in [-0.05, 0) is 6.07 Å². The fraction of sp³-hybridized carbons (Fsp3) is 0.375. The second-order valence-corrected chi connectivity index (χ2v) is 6.00. The molecule has 1 aromatic rings. The lowest BCUT2D eigenvalue weighted by atomic mass is 10.2. The molecule has 0 radical (unpaired) electrons. The Balaban J connectivity index is 3.69. The molecule has 0 aliphatic rings. The van der Waals surface area contributed by atoms with E-state index in [1.54, 1.807) is 0 Å². The lowest BCUT2D eigenvalue weighted by Gasteiger charge is -2.16. The van der Waals surface area contributed by atoms with Gasteiger partial charge in [0.1, 0.15) is 10.6 Å². The zero-order valence-corrected chi connectivity index (χ0v) is 11.2. The first-order chi connectivity index (χ1) is 9.25. The van der Waals surface area contributed by atoms with Crippen molar-refractivity contribution in [3.8, 4) is 5.75 Å². The van der Waals surface area contributed by atoms with Crippen LogP contribution in [0.25, 0.3) is 0 Å². The van der Waals surface area contributed by atoms with E-state index in [2.05, 4.69) is 9.72 Å². The van der Waals surface area contributed by atoms with Crippen LogP contribution in [0.5, 0.6) is 5.75 Å². The van der Waals surface area contributed by atoms with Gasteiger partial charge >= 0.3 is 12.5 Å². The number of nitrogens with two attached hydrogens (primary N) is 1. The Morgan fingerprint density at radius 2 is 1.76 bits per heavy atom. The molecule has 0 aliphatic heterocycles. The highest BCUT2D eigenvalue weighted by molar-refractivity contribution is 8.13. The minimum absolute atomic E-state index is 0.164. The van der Waals surface area contributed by atoms with E-state index in [4.69, 9.17) is 16.4 Å². The van der Waals surface area contributed by atoms with E-state index in [0.717, 1.165) is 0 Å². The molecule has 1 heterocycles. The van der Waals surface area contributed by atoms with Crippen LogP contribution in [0.1, 0.15) is 11.4 Å². The highest BCUT2D eigenvalue weighted by Gasteiger charge is 2.39. The fourth-order valence-corrected chi connectivity index (χ4v) is 2.23. The average Bonchev–Trinajstić information content (AvgIpc) is 2.23. The smallest absolute Gasteiger partial charge is 0.402 e. The van der Waals surface area contributed by atoms with Crippen LogP contribution in [0.2, 0.25) is 0 Å². The summed E-state index contributed by atoms with van der Waals surface area (Å²) in [7, 11) is -0.137. The zero-order valence-electron chi connectivity index (χ0n) is 9.59. The maximum absolute atomic E-state index is 12.5. The second kappa shape index (κ2) is 5.50. The van der Waals surface area contributed by atoms with E-state index in [0.29, 0.717) is 0 Å². The fourth-order valence-electron chi connectivity index (χ4n) is 1.25. The molecule has 0 aromatic carbocycles. The molecule has 0 amide bonds. The topological polar surface area (TPSA) is 82.3 Å². The van der Waals surface area contributed by atoms with E-state index >= 15 is 0 Å². The van der Waals surface area contributed by atoms with E-state index in [1.807, 2.05) is 0 Å². The Labute approximate surface area is 118 Å². The maximum atomic E-state index is 12.5. The first-order valence-corrected chi connectivity index (χ1v) is 7.08. The van der Waals surface area contributed by atoms with Crippen molar-refractivity contribution in [2.45, 2.75) is 24.0 Å². The van der Waals surface area contributed by atoms with Gasteiger partial charge < -0.3 is 10.5 Å². The monoisotopic (exact) mass is 358 g/mol. The Kier molecular flexibility index (Phi) is 4.65. The van der Waals surface area contributed by atoms with Gasteiger partial charge in [-0.15, -0.1) is 13.2 Å². The highest BCUT2D eigenvalue weighted by Crippen LogP contribution is 2.38. The molecule has 21 heavy (non-hydrogen) atoms. The van der Waals surface area contributed by atoms with Crippen molar-refractivity contribution in [3.63, 3.8) is 0 Å². The van der Waals surface area contributed by atoms with Crippen molar-refractivity contribution < 1.29 is 39.5 Å². The minimum atomic E-state index is -5.37. The van der Waals surface area contributed by atoms with Crippen LogP contribution < -0.4 is 10.5 Å². The quantitative estimate of drug-likeness (QED) is 0.662. The largest absolute Gasteiger partial charge is 0.573 e. The van der Waals surface area contributed by atoms with Crippen molar-refractivity contribution in [1.29, 1.82) is 0 Å². The van der Waals surface area contributed by atoms with Crippen LogP contribution >= 0.6 is 10.7 Å². The van der Waals surface area contributed by atoms with Gasteiger partial charge in [0.2, 0.25) is 0 Å². The Bertz CT molecular complexity index is 643. The maximum Gasteiger partial charge on any atom is 0.573 e. The number of hydrogen-bond acceptors (Lipinski definition) is 5. The molecule has 0 fully saturated rings. The number of pyridine rings is 1. The van der Waals surface area contributed by atoms with E-state index in [-0.39, 0.29) is 6.07 Å².